The molecule has 0 aliphatic heterocycles. The number of benzene rings is 2. The van der Waals surface area contributed by atoms with Gasteiger partial charge < -0.3 is 10.6 Å². The molecule has 0 saturated carbocycles. The van der Waals surface area contributed by atoms with Crippen molar-refractivity contribution in [1.82, 2.24) is 16.2 Å². The SMILES string of the molecule is Fc1ccc(NC(=S)NNC(=S)NCCc2ccccc2)cc1. The van der Waals surface area contributed by atoms with Crippen LogP contribution in [0.25, 0.3) is 0 Å². The molecule has 0 fully saturated rings. The fourth-order valence-electron chi connectivity index (χ4n) is 1.82. The minimum absolute atomic E-state index is 0.295. The van der Waals surface area contributed by atoms with Gasteiger partial charge in [0.05, 0.1) is 0 Å². The first kappa shape index (κ1) is 17.1. The van der Waals surface area contributed by atoms with Crippen LogP contribution in [0.15, 0.2) is 54.6 Å². The summed E-state index contributed by atoms with van der Waals surface area (Å²) in [5.41, 5.74) is 7.49. The lowest BCUT2D eigenvalue weighted by atomic mass is 10.1. The number of halogens is 1. The van der Waals surface area contributed by atoms with E-state index in [-0.39, 0.29) is 5.82 Å². The Morgan fingerprint density at radius 3 is 2.22 bits per heavy atom. The Balaban J connectivity index is 1.63. The average Bonchev–Trinajstić information content (AvgIpc) is 2.56. The summed E-state index contributed by atoms with van der Waals surface area (Å²) in [4.78, 5) is 0. The molecular formula is C16H17FN4S2. The summed E-state index contributed by atoms with van der Waals surface area (Å²) in [6, 6.07) is 16.0. The van der Waals surface area contributed by atoms with E-state index in [0.29, 0.717) is 15.9 Å². The lowest BCUT2D eigenvalue weighted by Gasteiger charge is -2.14. The minimum Gasteiger partial charge on any atom is -0.361 e. The molecule has 2 aromatic rings. The Morgan fingerprint density at radius 2 is 1.52 bits per heavy atom. The fourth-order valence-corrected chi connectivity index (χ4v) is 2.14. The maximum Gasteiger partial charge on any atom is 0.189 e. The van der Waals surface area contributed by atoms with Crippen molar-refractivity contribution in [3.8, 4) is 0 Å². The quantitative estimate of drug-likeness (QED) is 0.504. The predicted molar refractivity (Wildman–Crippen MR) is 99.6 cm³/mol. The largest absolute Gasteiger partial charge is 0.361 e. The third kappa shape index (κ3) is 6.58. The third-order valence-corrected chi connectivity index (χ3v) is 3.38. The number of rotatable bonds is 4. The molecule has 4 N–H and O–H groups in total. The average molecular weight is 348 g/mol. The van der Waals surface area contributed by atoms with Crippen LogP contribution in [0.3, 0.4) is 0 Å². The molecular weight excluding hydrogens is 331 g/mol. The van der Waals surface area contributed by atoms with Crippen LogP contribution in [0.2, 0.25) is 0 Å². The first-order chi connectivity index (χ1) is 11.1. The van der Waals surface area contributed by atoms with E-state index >= 15 is 0 Å². The lowest BCUT2D eigenvalue weighted by Crippen LogP contribution is -2.48. The molecule has 2 aromatic carbocycles. The van der Waals surface area contributed by atoms with Gasteiger partial charge in [0, 0.05) is 12.2 Å². The fraction of sp³-hybridized carbons (Fsp3) is 0.125. The molecule has 0 aromatic heterocycles. The first-order valence-electron chi connectivity index (χ1n) is 7.04. The monoisotopic (exact) mass is 348 g/mol. The molecule has 23 heavy (non-hydrogen) atoms. The lowest BCUT2D eigenvalue weighted by molar-refractivity contribution is 0.628. The van der Waals surface area contributed by atoms with Crippen LogP contribution >= 0.6 is 24.4 Å². The summed E-state index contributed by atoms with van der Waals surface area (Å²) in [6.07, 6.45) is 0.876. The summed E-state index contributed by atoms with van der Waals surface area (Å²) in [7, 11) is 0. The molecule has 0 atom stereocenters. The van der Waals surface area contributed by atoms with Gasteiger partial charge in [-0.2, -0.15) is 0 Å². The van der Waals surface area contributed by atoms with E-state index in [1.165, 1.54) is 17.7 Å². The molecule has 0 aliphatic carbocycles. The van der Waals surface area contributed by atoms with Crippen molar-refractivity contribution in [3.05, 3.63) is 66.0 Å². The molecule has 0 spiro atoms. The van der Waals surface area contributed by atoms with E-state index < -0.39 is 0 Å². The van der Waals surface area contributed by atoms with Gasteiger partial charge in [-0.1, -0.05) is 30.3 Å². The number of thiocarbonyl (C=S) groups is 2. The topological polar surface area (TPSA) is 48.1 Å². The zero-order valence-corrected chi connectivity index (χ0v) is 13.9. The Bertz CT molecular complexity index is 647. The van der Waals surface area contributed by atoms with Crippen LogP contribution < -0.4 is 21.5 Å². The number of hydrazine groups is 1. The van der Waals surface area contributed by atoms with Crippen molar-refractivity contribution >= 4 is 40.3 Å². The molecule has 0 saturated heterocycles. The Hall–Kier alpha value is -2.25. The molecule has 2 rings (SSSR count). The minimum atomic E-state index is -0.295. The molecule has 0 unspecified atom stereocenters. The van der Waals surface area contributed by atoms with Gasteiger partial charge in [0.1, 0.15) is 5.82 Å². The highest BCUT2D eigenvalue weighted by atomic mass is 32.1. The van der Waals surface area contributed by atoms with E-state index in [1.54, 1.807) is 12.1 Å². The number of anilines is 1. The Morgan fingerprint density at radius 1 is 0.870 bits per heavy atom. The van der Waals surface area contributed by atoms with Gasteiger partial charge in [0.15, 0.2) is 10.2 Å². The zero-order chi connectivity index (χ0) is 16.5. The maximum absolute atomic E-state index is 12.8. The second-order valence-corrected chi connectivity index (χ2v) is 5.52. The van der Waals surface area contributed by atoms with Crippen LogP contribution in [0.4, 0.5) is 10.1 Å². The van der Waals surface area contributed by atoms with Crippen LogP contribution in [0.1, 0.15) is 5.56 Å². The Kier molecular flexibility index (Phi) is 6.71. The molecule has 0 bridgehead atoms. The van der Waals surface area contributed by atoms with Gasteiger partial charge in [-0.15, -0.1) is 0 Å². The van der Waals surface area contributed by atoms with Crippen LogP contribution in [-0.4, -0.2) is 16.8 Å². The number of hydrogen-bond donors (Lipinski definition) is 4. The van der Waals surface area contributed by atoms with Crippen LogP contribution in [0.5, 0.6) is 0 Å². The second kappa shape index (κ2) is 9.02. The van der Waals surface area contributed by atoms with Crippen molar-refractivity contribution in [2.45, 2.75) is 6.42 Å². The summed E-state index contributed by atoms with van der Waals surface area (Å²) < 4.78 is 12.8. The predicted octanol–water partition coefficient (Wildman–Crippen LogP) is 2.73. The van der Waals surface area contributed by atoms with E-state index in [4.69, 9.17) is 24.4 Å². The summed E-state index contributed by atoms with van der Waals surface area (Å²) in [6.45, 7) is 0.718. The summed E-state index contributed by atoms with van der Waals surface area (Å²) >= 11 is 10.3. The van der Waals surface area contributed by atoms with Crippen molar-refractivity contribution in [2.24, 2.45) is 0 Å². The summed E-state index contributed by atoms with van der Waals surface area (Å²) in [5.74, 6) is -0.295. The van der Waals surface area contributed by atoms with Crippen molar-refractivity contribution in [2.75, 3.05) is 11.9 Å². The molecule has 120 valence electrons. The smallest absolute Gasteiger partial charge is 0.189 e. The van der Waals surface area contributed by atoms with E-state index in [9.17, 15) is 4.39 Å². The zero-order valence-electron chi connectivity index (χ0n) is 12.3. The molecule has 0 radical (unpaired) electrons. The van der Waals surface area contributed by atoms with Gasteiger partial charge in [-0.05, 0) is 60.7 Å². The first-order valence-corrected chi connectivity index (χ1v) is 7.85. The van der Waals surface area contributed by atoms with Crippen LogP contribution in [0, 0.1) is 5.82 Å². The number of nitrogens with one attached hydrogen (secondary N) is 4. The summed E-state index contributed by atoms with van der Waals surface area (Å²) in [5, 5.41) is 6.77. The molecule has 0 heterocycles. The number of hydrogen-bond acceptors (Lipinski definition) is 2. The second-order valence-electron chi connectivity index (χ2n) is 4.70. The Labute approximate surface area is 145 Å². The standard InChI is InChI=1S/C16H17FN4S2/c17-13-6-8-14(9-7-13)19-16(23)21-20-15(22)18-11-10-12-4-2-1-3-5-12/h1-9H,10-11H2,(H2,18,20,22)(H2,19,21,23). The maximum atomic E-state index is 12.8. The van der Waals surface area contributed by atoms with Gasteiger partial charge in [0.25, 0.3) is 0 Å². The third-order valence-electron chi connectivity index (χ3n) is 2.93. The van der Waals surface area contributed by atoms with Crippen molar-refractivity contribution < 1.29 is 4.39 Å². The van der Waals surface area contributed by atoms with Gasteiger partial charge in [-0.3, -0.25) is 10.9 Å². The van der Waals surface area contributed by atoms with Crippen molar-refractivity contribution in [3.63, 3.8) is 0 Å². The molecule has 4 nitrogen and oxygen atoms in total. The highest BCUT2D eigenvalue weighted by Gasteiger charge is 1.99. The molecule has 0 amide bonds. The van der Waals surface area contributed by atoms with E-state index in [1.807, 2.05) is 18.2 Å². The van der Waals surface area contributed by atoms with Gasteiger partial charge >= 0.3 is 0 Å². The van der Waals surface area contributed by atoms with Crippen molar-refractivity contribution in [1.29, 1.82) is 0 Å². The van der Waals surface area contributed by atoms with Gasteiger partial charge in [-0.25, -0.2) is 4.39 Å². The van der Waals surface area contributed by atoms with Crippen LogP contribution in [-0.2, 0) is 6.42 Å². The highest BCUT2D eigenvalue weighted by Crippen LogP contribution is 2.07. The highest BCUT2D eigenvalue weighted by molar-refractivity contribution is 7.80. The molecule has 0 aliphatic rings. The normalized spacial score (nSPS) is 9.78. The van der Waals surface area contributed by atoms with E-state index in [0.717, 1.165) is 13.0 Å². The molecule has 7 heteroatoms. The van der Waals surface area contributed by atoms with Gasteiger partial charge in [0.2, 0.25) is 0 Å². The van der Waals surface area contributed by atoms with E-state index in [2.05, 4.69) is 33.6 Å².